The maximum atomic E-state index is 14.4. The average Bonchev–Trinajstić information content (AvgIpc) is 3.58. The summed E-state index contributed by atoms with van der Waals surface area (Å²) >= 11 is 0. The predicted octanol–water partition coefficient (Wildman–Crippen LogP) is 6.37. The highest BCUT2D eigenvalue weighted by Gasteiger charge is 2.33. The molecule has 0 spiro atoms. The van der Waals surface area contributed by atoms with Crippen molar-refractivity contribution in [3.63, 3.8) is 0 Å². The zero-order valence-electron chi connectivity index (χ0n) is 22.1. The van der Waals surface area contributed by atoms with Crippen molar-refractivity contribution >= 4 is 39.3 Å². The molecule has 2 aromatic carbocycles. The summed E-state index contributed by atoms with van der Waals surface area (Å²) in [5, 5.41) is 5.87. The first-order valence-corrected chi connectivity index (χ1v) is 12.4. The second-order valence-electron chi connectivity index (χ2n) is 10.9. The number of rotatable bonds is 4. The van der Waals surface area contributed by atoms with Crippen LogP contribution < -0.4 is 0 Å². The van der Waals surface area contributed by atoms with Crippen LogP contribution in [0.2, 0.25) is 0 Å². The van der Waals surface area contributed by atoms with E-state index >= 15 is 0 Å². The smallest absolute Gasteiger partial charge is 0.347 e. The number of hydrogen-bond acceptors (Lipinski definition) is 5. The molecule has 0 N–H and O–H groups in total. The van der Waals surface area contributed by atoms with E-state index in [2.05, 4.69) is 5.10 Å². The van der Waals surface area contributed by atoms with Gasteiger partial charge in [-0.3, -0.25) is 4.79 Å². The molecule has 1 unspecified atom stereocenters. The van der Waals surface area contributed by atoms with Crippen molar-refractivity contribution in [2.75, 3.05) is 7.11 Å². The van der Waals surface area contributed by atoms with Gasteiger partial charge in [0.15, 0.2) is 17.7 Å². The summed E-state index contributed by atoms with van der Waals surface area (Å²) in [6.07, 6.45) is 2.68. The minimum Gasteiger partial charge on any atom is -0.486 e. The van der Waals surface area contributed by atoms with Gasteiger partial charge in [0.05, 0.1) is 30.6 Å². The van der Waals surface area contributed by atoms with E-state index < -0.39 is 29.1 Å². The van der Waals surface area contributed by atoms with Gasteiger partial charge in [0.25, 0.3) is 5.91 Å². The Morgan fingerprint density at radius 3 is 2.47 bits per heavy atom. The number of benzene rings is 2. The Balaban J connectivity index is 1.85. The lowest BCUT2D eigenvalue weighted by Crippen LogP contribution is -2.27. The summed E-state index contributed by atoms with van der Waals surface area (Å²) in [5.74, 6) is -2.60. The maximum absolute atomic E-state index is 14.4. The van der Waals surface area contributed by atoms with Gasteiger partial charge in [0, 0.05) is 51.2 Å². The SMILES string of the molecule is COC(=O)C1CC(c2c(C(C)C)n(-c3ccc(F)c(F)c3)c3cc4cnn(C(=O)C(C)(C)C)c4cc23)=CO1. The zero-order chi connectivity index (χ0) is 27.5. The Morgan fingerprint density at radius 1 is 1.11 bits per heavy atom. The van der Waals surface area contributed by atoms with Gasteiger partial charge in [0.1, 0.15) is 0 Å². The average molecular weight is 522 g/mol. The standard InChI is InChI=1S/C29H29F2N3O4/c1-15(2)26-25(17-10-24(38-14-17)27(35)37-6)19-12-22-16(13-32-34(22)28(36)29(3,4)5)9-23(19)33(26)18-7-8-20(30)21(31)11-18/h7-9,11-15,24H,10H2,1-6H3. The fraction of sp³-hybridized carbons (Fsp3) is 0.345. The van der Waals surface area contributed by atoms with E-state index in [0.717, 1.165) is 45.3 Å². The molecule has 2 aromatic heterocycles. The number of fused-ring (bicyclic) bond motifs is 2. The van der Waals surface area contributed by atoms with Crippen molar-refractivity contribution in [2.24, 2.45) is 5.41 Å². The molecule has 1 aliphatic rings. The highest BCUT2D eigenvalue weighted by molar-refractivity contribution is 6.06. The summed E-state index contributed by atoms with van der Waals surface area (Å²) < 4.78 is 42.1. The highest BCUT2D eigenvalue weighted by Crippen LogP contribution is 2.43. The highest BCUT2D eigenvalue weighted by atomic mass is 19.2. The second kappa shape index (κ2) is 9.08. The van der Waals surface area contributed by atoms with Crippen LogP contribution >= 0.6 is 0 Å². The molecule has 1 atom stereocenters. The second-order valence-corrected chi connectivity index (χ2v) is 10.9. The van der Waals surface area contributed by atoms with Crippen LogP contribution in [0.1, 0.15) is 63.0 Å². The Labute approximate surface area is 218 Å². The first-order valence-electron chi connectivity index (χ1n) is 12.4. The molecule has 1 aliphatic heterocycles. The van der Waals surface area contributed by atoms with E-state index in [-0.39, 0.29) is 18.2 Å². The molecular formula is C29H29F2N3O4. The molecule has 5 rings (SSSR count). The third-order valence-corrected chi connectivity index (χ3v) is 6.80. The number of halogens is 2. The first kappa shape index (κ1) is 25.6. The van der Waals surface area contributed by atoms with Crippen LogP contribution in [0.25, 0.3) is 33.1 Å². The van der Waals surface area contributed by atoms with Gasteiger partial charge in [-0.15, -0.1) is 0 Å². The molecule has 0 bridgehead atoms. The quantitative estimate of drug-likeness (QED) is 0.292. The van der Waals surface area contributed by atoms with Crippen LogP contribution in [-0.4, -0.2) is 39.4 Å². The number of aromatic nitrogens is 3. The zero-order valence-corrected chi connectivity index (χ0v) is 22.1. The largest absolute Gasteiger partial charge is 0.486 e. The van der Waals surface area contributed by atoms with E-state index in [9.17, 15) is 18.4 Å². The van der Waals surface area contributed by atoms with Crippen molar-refractivity contribution in [1.29, 1.82) is 0 Å². The van der Waals surface area contributed by atoms with Gasteiger partial charge in [-0.2, -0.15) is 9.78 Å². The minimum atomic E-state index is -0.959. The Kier molecular flexibility index (Phi) is 6.12. The molecule has 38 heavy (non-hydrogen) atoms. The molecule has 0 fully saturated rings. The fourth-order valence-electron chi connectivity index (χ4n) is 4.98. The number of ether oxygens (including phenoxy) is 2. The van der Waals surface area contributed by atoms with Gasteiger partial charge in [-0.1, -0.05) is 34.6 Å². The molecule has 0 radical (unpaired) electrons. The molecule has 198 valence electrons. The van der Waals surface area contributed by atoms with Gasteiger partial charge >= 0.3 is 5.97 Å². The van der Waals surface area contributed by atoms with Crippen LogP contribution in [0.5, 0.6) is 0 Å². The third-order valence-electron chi connectivity index (χ3n) is 6.80. The van der Waals surface area contributed by atoms with Gasteiger partial charge in [0.2, 0.25) is 0 Å². The molecule has 0 saturated heterocycles. The molecule has 9 heteroatoms. The van der Waals surface area contributed by atoms with Crippen molar-refractivity contribution in [3.05, 3.63) is 65.7 Å². The lowest BCUT2D eigenvalue weighted by atomic mass is 9.94. The summed E-state index contributed by atoms with van der Waals surface area (Å²) in [4.78, 5) is 25.4. The third kappa shape index (κ3) is 4.06. The number of methoxy groups -OCH3 is 1. The van der Waals surface area contributed by atoms with Gasteiger partial charge < -0.3 is 14.0 Å². The lowest BCUT2D eigenvalue weighted by Gasteiger charge is -2.16. The Morgan fingerprint density at radius 2 is 1.84 bits per heavy atom. The molecule has 3 heterocycles. The molecule has 7 nitrogen and oxygen atoms in total. The molecular weight excluding hydrogens is 492 g/mol. The van der Waals surface area contributed by atoms with Crippen molar-refractivity contribution < 1.29 is 27.8 Å². The van der Waals surface area contributed by atoms with Crippen LogP contribution in [0.3, 0.4) is 0 Å². The van der Waals surface area contributed by atoms with Crippen LogP contribution in [-0.2, 0) is 14.3 Å². The Hall–Kier alpha value is -4.01. The van der Waals surface area contributed by atoms with Crippen LogP contribution in [0.4, 0.5) is 8.78 Å². The first-order chi connectivity index (χ1) is 17.9. The van der Waals surface area contributed by atoms with E-state index in [1.807, 2.05) is 51.3 Å². The molecule has 0 aliphatic carbocycles. The van der Waals surface area contributed by atoms with E-state index in [4.69, 9.17) is 9.47 Å². The summed E-state index contributed by atoms with van der Waals surface area (Å²) in [6, 6.07) is 7.59. The molecule has 0 amide bonds. The monoisotopic (exact) mass is 521 g/mol. The van der Waals surface area contributed by atoms with Crippen molar-refractivity contribution in [2.45, 2.75) is 53.1 Å². The van der Waals surface area contributed by atoms with Crippen molar-refractivity contribution in [1.82, 2.24) is 14.3 Å². The predicted molar refractivity (Wildman–Crippen MR) is 140 cm³/mol. The van der Waals surface area contributed by atoms with E-state index in [1.165, 1.54) is 17.9 Å². The van der Waals surface area contributed by atoms with Gasteiger partial charge in [-0.25, -0.2) is 13.6 Å². The summed E-state index contributed by atoms with van der Waals surface area (Å²) in [7, 11) is 1.31. The van der Waals surface area contributed by atoms with Crippen LogP contribution in [0.15, 0.2) is 42.8 Å². The molecule has 0 saturated carbocycles. The van der Waals surface area contributed by atoms with E-state index in [1.54, 1.807) is 12.5 Å². The number of esters is 1. The summed E-state index contributed by atoms with van der Waals surface area (Å²) in [5.41, 5.74) is 3.55. The lowest BCUT2D eigenvalue weighted by molar-refractivity contribution is -0.149. The number of hydrogen-bond donors (Lipinski definition) is 0. The summed E-state index contributed by atoms with van der Waals surface area (Å²) in [6.45, 7) is 9.50. The fourth-order valence-corrected chi connectivity index (χ4v) is 4.98. The van der Waals surface area contributed by atoms with Crippen LogP contribution in [0, 0.1) is 17.0 Å². The molecule has 4 aromatic rings. The van der Waals surface area contributed by atoms with E-state index in [0.29, 0.717) is 11.2 Å². The maximum Gasteiger partial charge on any atom is 0.347 e. The Bertz CT molecular complexity index is 1640. The number of nitrogens with zero attached hydrogens (tertiary/aromatic N) is 3. The normalized spacial score (nSPS) is 15.8. The topological polar surface area (TPSA) is 75.4 Å². The van der Waals surface area contributed by atoms with Crippen molar-refractivity contribution in [3.8, 4) is 5.69 Å². The number of carbonyl (C=O) groups excluding carboxylic acids is 2. The minimum absolute atomic E-state index is 0.0561. The number of carbonyl (C=O) groups is 2. The van der Waals surface area contributed by atoms with Gasteiger partial charge in [-0.05, 0) is 30.2 Å².